The average Bonchev–Trinajstić information content (AvgIpc) is 3.20. The van der Waals surface area contributed by atoms with Gasteiger partial charge in [-0.05, 0) is 66.0 Å². The molecule has 2 unspecified atom stereocenters. The predicted molar refractivity (Wildman–Crippen MR) is 131 cm³/mol. The fourth-order valence-corrected chi connectivity index (χ4v) is 5.60. The number of rotatable bonds is 9. The lowest BCUT2D eigenvalue weighted by Crippen LogP contribution is -2.36. The second kappa shape index (κ2) is 9.91. The fraction of sp³-hybridized carbons (Fsp3) is 0.500. The van der Waals surface area contributed by atoms with E-state index >= 15 is 0 Å². The average molecular weight is 419 g/mol. The van der Waals surface area contributed by atoms with Gasteiger partial charge in [0.1, 0.15) is 0 Å². The van der Waals surface area contributed by atoms with Crippen LogP contribution >= 0.6 is 0 Å². The second-order valence-corrected chi connectivity index (χ2v) is 9.12. The number of aryl methyl sites for hydroxylation is 2. The van der Waals surface area contributed by atoms with Gasteiger partial charge in [0.15, 0.2) is 0 Å². The van der Waals surface area contributed by atoms with Gasteiger partial charge in [-0.15, -0.1) is 0 Å². The summed E-state index contributed by atoms with van der Waals surface area (Å²) in [5.41, 5.74) is 10.1. The molecule has 0 spiro atoms. The first kappa shape index (κ1) is 22.0. The van der Waals surface area contributed by atoms with Crippen molar-refractivity contribution in [1.29, 1.82) is 0 Å². The Morgan fingerprint density at radius 2 is 1.97 bits per heavy atom. The number of ether oxygens (including phenoxy) is 1. The molecule has 2 atom stereocenters. The molecular formula is C28H38N2O. The number of anilines is 1. The molecule has 2 aliphatic rings. The van der Waals surface area contributed by atoms with Crippen molar-refractivity contribution in [3.05, 3.63) is 76.5 Å². The Morgan fingerprint density at radius 3 is 2.74 bits per heavy atom. The number of nitrogens with one attached hydrogen (secondary N) is 1. The van der Waals surface area contributed by atoms with Gasteiger partial charge in [0.25, 0.3) is 0 Å². The first-order chi connectivity index (χ1) is 15.2. The molecule has 0 aliphatic carbocycles. The molecular weight excluding hydrogens is 380 g/mol. The van der Waals surface area contributed by atoms with Gasteiger partial charge in [-0.25, -0.2) is 0 Å². The second-order valence-electron chi connectivity index (χ2n) is 9.12. The van der Waals surface area contributed by atoms with Crippen LogP contribution in [0, 0.1) is 0 Å². The van der Waals surface area contributed by atoms with Gasteiger partial charge < -0.3 is 15.0 Å². The SMILES string of the molecule is C=C(COC)N1CCc2cc(CC)c(CCC)cc2C1CCC1CNc2ccccc21. The van der Waals surface area contributed by atoms with Crippen molar-refractivity contribution in [3.63, 3.8) is 0 Å². The quantitative estimate of drug-likeness (QED) is 0.521. The van der Waals surface area contributed by atoms with E-state index in [-0.39, 0.29) is 0 Å². The summed E-state index contributed by atoms with van der Waals surface area (Å²) in [5, 5.41) is 3.60. The number of nitrogens with zero attached hydrogens (tertiary/aromatic N) is 1. The zero-order valence-corrected chi connectivity index (χ0v) is 19.5. The molecule has 0 amide bonds. The van der Waals surface area contributed by atoms with Gasteiger partial charge >= 0.3 is 0 Å². The molecule has 2 aromatic carbocycles. The van der Waals surface area contributed by atoms with E-state index < -0.39 is 0 Å². The molecule has 3 heteroatoms. The minimum atomic E-state index is 0.390. The van der Waals surface area contributed by atoms with E-state index in [9.17, 15) is 0 Å². The van der Waals surface area contributed by atoms with Crippen LogP contribution in [0.4, 0.5) is 5.69 Å². The van der Waals surface area contributed by atoms with Crippen molar-refractivity contribution >= 4 is 5.69 Å². The molecule has 0 radical (unpaired) electrons. The van der Waals surface area contributed by atoms with Crippen molar-refractivity contribution in [2.24, 2.45) is 0 Å². The first-order valence-electron chi connectivity index (χ1n) is 12.1. The fourth-order valence-electron chi connectivity index (χ4n) is 5.60. The van der Waals surface area contributed by atoms with Gasteiger partial charge in [0.05, 0.1) is 12.6 Å². The number of fused-ring (bicyclic) bond motifs is 2. The Morgan fingerprint density at radius 1 is 1.13 bits per heavy atom. The summed E-state index contributed by atoms with van der Waals surface area (Å²) in [6.45, 7) is 11.7. The molecule has 0 fully saturated rings. The molecule has 166 valence electrons. The summed E-state index contributed by atoms with van der Waals surface area (Å²) >= 11 is 0. The molecule has 31 heavy (non-hydrogen) atoms. The molecule has 0 aromatic heterocycles. The summed E-state index contributed by atoms with van der Waals surface area (Å²) in [6, 6.07) is 14.2. The minimum absolute atomic E-state index is 0.390. The summed E-state index contributed by atoms with van der Waals surface area (Å²) in [5.74, 6) is 0.587. The van der Waals surface area contributed by atoms with Crippen LogP contribution < -0.4 is 5.32 Å². The third kappa shape index (κ3) is 4.52. The van der Waals surface area contributed by atoms with E-state index in [0.29, 0.717) is 18.6 Å². The topological polar surface area (TPSA) is 24.5 Å². The van der Waals surface area contributed by atoms with Gasteiger partial charge in [-0.2, -0.15) is 0 Å². The number of benzene rings is 2. The summed E-state index contributed by atoms with van der Waals surface area (Å²) in [7, 11) is 1.77. The van der Waals surface area contributed by atoms with Crippen molar-refractivity contribution in [3.8, 4) is 0 Å². The highest BCUT2D eigenvalue weighted by Crippen LogP contribution is 2.41. The van der Waals surface area contributed by atoms with Crippen molar-refractivity contribution < 1.29 is 4.74 Å². The number of para-hydroxylation sites is 1. The Balaban J connectivity index is 1.63. The first-order valence-corrected chi connectivity index (χ1v) is 12.1. The number of hydrogen-bond donors (Lipinski definition) is 1. The van der Waals surface area contributed by atoms with E-state index in [1.54, 1.807) is 18.2 Å². The predicted octanol–water partition coefficient (Wildman–Crippen LogP) is 6.25. The van der Waals surface area contributed by atoms with Gasteiger partial charge in [0.2, 0.25) is 0 Å². The highest BCUT2D eigenvalue weighted by Gasteiger charge is 2.31. The molecule has 0 bridgehead atoms. The molecule has 2 aromatic rings. The maximum atomic E-state index is 5.47. The number of hydrogen-bond acceptors (Lipinski definition) is 3. The van der Waals surface area contributed by atoms with Crippen molar-refractivity contribution in [1.82, 2.24) is 4.90 Å². The summed E-state index contributed by atoms with van der Waals surface area (Å²) in [4.78, 5) is 2.53. The lowest BCUT2D eigenvalue weighted by molar-refractivity contribution is 0.154. The summed E-state index contributed by atoms with van der Waals surface area (Å²) in [6.07, 6.45) is 6.92. The molecule has 2 aliphatic heterocycles. The third-order valence-corrected chi connectivity index (χ3v) is 7.16. The van der Waals surface area contributed by atoms with E-state index in [0.717, 1.165) is 38.0 Å². The van der Waals surface area contributed by atoms with Gasteiger partial charge in [0, 0.05) is 37.5 Å². The standard InChI is InChI=1S/C28H38N2O/c1-5-9-22-17-26-23(16-21(22)6-2)14-15-30(20(3)19-31-4)28(26)13-12-24-18-29-27-11-8-7-10-25(24)27/h7-8,10-11,16-17,24,28-29H,3,5-6,9,12-15,18-19H2,1-2,4H3. The maximum Gasteiger partial charge on any atom is 0.0854 e. The molecule has 4 rings (SSSR count). The lowest BCUT2D eigenvalue weighted by atomic mass is 9.83. The maximum absolute atomic E-state index is 5.47. The lowest BCUT2D eigenvalue weighted by Gasteiger charge is -2.41. The molecule has 3 nitrogen and oxygen atoms in total. The van der Waals surface area contributed by atoms with Crippen LogP contribution in [-0.2, 0) is 24.0 Å². The van der Waals surface area contributed by atoms with Crippen molar-refractivity contribution in [2.45, 2.75) is 64.3 Å². The normalized spacial score (nSPS) is 19.6. The van der Waals surface area contributed by atoms with Crippen LogP contribution in [0.5, 0.6) is 0 Å². The van der Waals surface area contributed by atoms with Crippen LogP contribution in [0.1, 0.15) is 72.9 Å². The Bertz CT molecular complexity index is 919. The smallest absolute Gasteiger partial charge is 0.0854 e. The largest absolute Gasteiger partial charge is 0.384 e. The highest BCUT2D eigenvalue weighted by atomic mass is 16.5. The minimum Gasteiger partial charge on any atom is -0.384 e. The Hall–Kier alpha value is -2.26. The zero-order valence-electron chi connectivity index (χ0n) is 19.5. The van der Waals surface area contributed by atoms with E-state index in [1.165, 1.54) is 41.6 Å². The van der Waals surface area contributed by atoms with Gasteiger partial charge in [-0.3, -0.25) is 0 Å². The van der Waals surface area contributed by atoms with Crippen LogP contribution in [0.3, 0.4) is 0 Å². The molecule has 2 heterocycles. The molecule has 1 N–H and O–H groups in total. The Labute approximate surface area is 188 Å². The monoisotopic (exact) mass is 418 g/mol. The van der Waals surface area contributed by atoms with E-state index in [2.05, 4.69) is 67.0 Å². The van der Waals surface area contributed by atoms with Crippen molar-refractivity contribution in [2.75, 3.05) is 32.1 Å². The van der Waals surface area contributed by atoms with Crippen LogP contribution in [0.2, 0.25) is 0 Å². The van der Waals surface area contributed by atoms with Crippen LogP contribution in [0.25, 0.3) is 0 Å². The molecule has 0 saturated carbocycles. The third-order valence-electron chi connectivity index (χ3n) is 7.16. The summed E-state index contributed by atoms with van der Waals surface area (Å²) < 4.78 is 5.47. The highest BCUT2D eigenvalue weighted by molar-refractivity contribution is 5.57. The van der Waals surface area contributed by atoms with E-state index in [4.69, 9.17) is 4.74 Å². The van der Waals surface area contributed by atoms with E-state index in [1.807, 2.05) is 0 Å². The Kier molecular flexibility index (Phi) is 7.02. The van der Waals surface area contributed by atoms with Gasteiger partial charge in [-0.1, -0.05) is 57.2 Å². The molecule has 0 saturated heterocycles. The van der Waals surface area contributed by atoms with Crippen LogP contribution in [0.15, 0.2) is 48.7 Å². The number of methoxy groups -OCH3 is 1. The van der Waals surface area contributed by atoms with Crippen LogP contribution in [-0.4, -0.2) is 31.7 Å². The zero-order chi connectivity index (χ0) is 21.8.